The fourth-order valence-electron chi connectivity index (χ4n) is 0.661. The molecule has 1 aliphatic rings. The van der Waals surface area contributed by atoms with Gasteiger partial charge in [-0.1, -0.05) is 32.8 Å². The number of hydrogen-bond donors (Lipinski definition) is 4. The maximum absolute atomic E-state index is 8.03. The molecule has 14 heteroatoms. The minimum absolute atomic E-state index is 0. The summed E-state index contributed by atoms with van der Waals surface area (Å²) in [4.78, 5) is 0. The van der Waals surface area contributed by atoms with Crippen LogP contribution in [0.2, 0.25) is 0 Å². The van der Waals surface area contributed by atoms with Gasteiger partial charge in [-0.05, 0) is 27.7 Å². The average molecular weight is 873 g/mol. The molecule has 163 valence electrons. The fraction of sp³-hybridized carbons (Fsp3) is 0.429. The van der Waals surface area contributed by atoms with Gasteiger partial charge in [-0.25, -0.2) is 0 Å². The second-order valence-corrected chi connectivity index (χ2v) is 43.8. The summed E-state index contributed by atoms with van der Waals surface area (Å²) in [5.41, 5.74) is 1.25. The molecule has 1 heterocycles. The topological polar surface area (TPSA) is 144 Å². The van der Waals surface area contributed by atoms with Gasteiger partial charge in [0.1, 0.15) is 22.8 Å². The number of halogens is 2. The molecule has 0 unspecified atom stereocenters. The van der Waals surface area contributed by atoms with Crippen LogP contribution in [0.1, 0.15) is 27.7 Å². The molecule has 1 rings (SSSR count). The molecule has 9 nitrogen and oxygen atoms in total. The Labute approximate surface area is 212 Å². The molecule has 0 amide bonds. The zero-order chi connectivity index (χ0) is 22.1. The second-order valence-electron chi connectivity index (χ2n) is 3.98. The molecule has 28 heavy (non-hydrogen) atoms. The van der Waals surface area contributed by atoms with Crippen molar-refractivity contribution in [3.05, 3.63) is 29.7 Å². The Bertz CT molecular complexity index is 446. The van der Waals surface area contributed by atoms with Gasteiger partial charge in [-0.3, -0.25) is 0 Å². The molecule has 0 fully saturated rings. The van der Waals surface area contributed by atoms with Crippen molar-refractivity contribution in [1.29, 1.82) is 0 Å². The monoisotopic (exact) mass is 874 g/mol. The maximum atomic E-state index is 8.03. The summed E-state index contributed by atoms with van der Waals surface area (Å²) in [5, 5.41) is 47.2. The van der Waals surface area contributed by atoms with Crippen LogP contribution in [0.4, 0.5) is 0 Å². The third-order valence-electron chi connectivity index (χ3n) is 2.30. The fourth-order valence-corrected chi connectivity index (χ4v) is 0.661. The van der Waals surface area contributed by atoms with Crippen LogP contribution in [0.5, 0.6) is 0 Å². The Morgan fingerprint density at radius 3 is 1.18 bits per heavy atom. The predicted octanol–water partition coefficient (Wildman–Crippen LogP) is 4.75. The van der Waals surface area contributed by atoms with E-state index >= 15 is 0 Å². The van der Waals surface area contributed by atoms with Crippen LogP contribution < -0.4 is 0 Å². The van der Waals surface area contributed by atoms with Gasteiger partial charge in [-0.15, -0.1) is 12.6 Å². The molecule has 0 aromatic heterocycles. The normalized spacial score (nSPS) is 12.4. The first-order valence-corrected chi connectivity index (χ1v) is 38.9. The van der Waals surface area contributed by atoms with Gasteiger partial charge in [0.25, 0.3) is 0 Å². The average Bonchev–Trinajstić information content (AvgIpc) is 2.75. The zero-order valence-corrected chi connectivity index (χ0v) is 27.9. The van der Waals surface area contributed by atoms with E-state index in [1.807, 2.05) is 18.2 Å². The molecule has 0 aromatic rings. The van der Waals surface area contributed by atoms with Gasteiger partial charge < -0.3 is 38.8 Å². The summed E-state index contributed by atoms with van der Waals surface area (Å²) >= 11 is 8.93. The molecule has 1 aliphatic heterocycles. The SMILES string of the molecule is C1=CC[N-]C=C1.CC(=NO)C(C)=NO.CC(=NO)C(C)=NO.C[S-].[Co].[I][Hg][I]. The number of nitrogens with zero attached hydrogens (tertiary/aromatic N) is 5. The minimum atomic E-state index is -0.143. The first-order valence-electron chi connectivity index (χ1n) is 7.12. The number of rotatable bonds is 2. The van der Waals surface area contributed by atoms with Crippen molar-refractivity contribution in [2.45, 2.75) is 27.7 Å². The van der Waals surface area contributed by atoms with E-state index in [9.17, 15) is 0 Å². The number of hydrogen-bond acceptors (Lipinski definition) is 9. The molecule has 0 saturated heterocycles. The Morgan fingerprint density at radius 1 is 0.821 bits per heavy atom. The Balaban J connectivity index is -0.0000000837. The van der Waals surface area contributed by atoms with Crippen molar-refractivity contribution in [2.75, 3.05) is 12.8 Å². The van der Waals surface area contributed by atoms with Gasteiger partial charge in [0.15, 0.2) is 0 Å². The van der Waals surface area contributed by atoms with Crippen molar-refractivity contribution < 1.29 is 53.5 Å². The molecule has 0 spiro atoms. The summed E-state index contributed by atoms with van der Waals surface area (Å²) in [7, 11) is 0. The molecular formula is C14H25CoHgI2N5O4S-2. The van der Waals surface area contributed by atoms with Crippen LogP contribution in [0.25, 0.3) is 5.32 Å². The van der Waals surface area contributed by atoms with Gasteiger partial charge in [0, 0.05) is 16.8 Å². The van der Waals surface area contributed by atoms with E-state index in [1.54, 1.807) is 12.5 Å². The molecule has 0 aromatic carbocycles. The summed E-state index contributed by atoms with van der Waals surface area (Å²) in [6.07, 6.45) is 9.32. The molecule has 0 bridgehead atoms. The van der Waals surface area contributed by atoms with E-state index in [2.05, 4.69) is 73.9 Å². The van der Waals surface area contributed by atoms with Gasteiger partial charge in [0.05, 0.1) is 0 Å². The van der Waals surface area contributed by atoms with E-state index < -0.39 is 0 Å². The summed E-state index contributed by atoms with van der Waals surface area (Å²) in [6.45, 7) is 7.00. The first kappa shape index (κ1) is 38.9. The van der Waals surface area contributed by atoms with E-state index in [-0.39, 0.29) is 32.7 Å². The number of oxime groups is 4. The Morgan fingerprint density at radius 2 is 1.11 bits per heavy atom. The van der Waals surface area contributed by atoms with Crippen molar-refractivity contribution in [3.63, 3.8) is 0 Å². The van der Waals surface area contributed by atoms with Crippen molar-refractivity contribution in [2.24, 2.45) is 20.6 Å². The van der Waals surface area contributed by atoms with E-state index in [4.69, 9.17) is 20.8 Å². The number of allylic oxidation sites excluding steroid dienone is 2. The standard InChI is InChI=1S/C5H6N.2C4H8N2O2.CH4S.Co.Hg.2HI/c1-2-4-6-5-3-1;2*1-3(5-7)4(2)6-8;1-2;;;;/h1-4H,5H2;2*7-8H,1-2H3;2H,1H3;;;2*1H/q-1;;;;;+2;;/p-3. The zero-order valence-electron chi connectivity index (χ0n) is 16.2. The molecular weight excluding hydrogens is 848 g/mol. The quantitative estimate of drug-likeness (QED) is 0.0792. The van der Waals surface area contributed by atoms with Crippen LogP contribution in [-0.2, 0) is 45.3 Å². The molecule has 0 aliphatic carbocycles. The van der Waals surface area contributed by atoms with E-state index in [1.165, 1.54) is 27.7 Å². The summed E-state index contributed by atoms with van der Waals surface area (Å²) in [5.74, 6) is 0. The molecule has 4 N–H and O–H groups in total. The van der Waals surface area contributed by atoms with Gasteiger partial charge in [0.2, 0.25) is 0 Å². The van der Waals surface area contributed by atoms with Crippen molar-refractivity contribution in [1.82, 2.24) is 0 Å². The van der Waals surface area contributed by atoms with Crippen LogP contribution in [0.15, 0.2) is 45.1 Å². The van der Waals surface area contributed by atoms with Crippen LogP contribution in [0.3, 0.4) is 0 Å². The third-order valence-corrected chi connectivity index (χ3v) is 2.30. The van der Waals surface area contributed by atoms with Gasteiger partial charge in [-0.2, -0.15) is 12.5 Å². The van der Waals surface area contributed by atoms with Crippen LogP contribution in [0, 0.1) is 0 Å². The first-order chi connectivity index (χ1) is 12.9. The van der Waals surface area contributed by atoms with E-state index in [0.29, 0.717) is 22.8 Å². The van der Waals surface area contributed by atoms with Crippen molar-refractivity contribution >= 4 is 70.8 Å². The third kappa shape index (κ3) is 34.0. The predicted molar refractivity (Wildman–Crippen MR) is 127 cm³/mol. The van der Waals surface area contributed by atoms with Crippen LogP contribution >= 0.6 is 35.3 Å². The Kier molecular flexibility index (Phi) is 48.5. The molecule has 1 radical (unpaired) electrons. The second kappa shape index (κ2) is 34.9. The summed E-state index contributed by atoms with van der Waals surface area (Å²) < 4.78 is 0. The van der Waals surface area contributed by atoms with E-state index in [0.717, 1.165) is 6.54 Å². The van der Waals surface area contributed by atoms with Gasteiger partial charge >= 0.3 is 51.2 Å². The molecule has 0 saturated carbocycles. The van der Waals surface area contributed by atoms with Crippen LogP contribution in [-0.4, -0.2) is 56.5 Å². The Hall–Kier alpha value is 0.412. The summed E-state index contributed by atoms with van der Waals surface area (Å²) in [6, 6.07) is 0. The van der Waals surface area contributed by atoms with Crippen molar-refractivity contribution in [3.8, 4) is 0 Å². The molecule has 0 atom stereocenters.